The summed E-state index contributed by atoms with van der Waals surface area (Å²) in [5.74, 6) is -0.0831. The van der Waals surface area contributed by atoms with E-state index in [0.29, 0.717) is 23.1 Å². The molecule has 4 rings (SSSR count). The summed E-state index contributed by atoms with van der Waals surface area (Å²) in [5.41, 5.74) is 6.28. The van der Waals surface area contributed by atoms with E-state index in [2.05, 4.69) is 15.3 Å². The zero-order chi connectivity index (χ0) is 21.1. The Balaban J connectivity index is 1.41. The average molecular weight is 406 g/mol. The number of carbonyl (C=O) groups is 2. The number of fused-ring (bicyclic) bond motifs is 1. The lowest BCUT2D eigenvalue weighted by Gasteiger charge is -2.32. The van der Waals surface area contributed by atoms with Crippen LogP contribution in [0.1, 0.15) is 12.8 Å². The Morgan fingerprint density at radius 2 is 2.00 bits per heavy atom. The first-order chi connectivity index (χ1) is 14.5. The van der Waals surface area contributed by atoms with Crippen molar-refractivity contribution in [2.24, 2.45) is 11.7 Å². The number of primary amides is 1. The molecule has 1 aliphatic rings. The van der Waals surface area contributed by atoms with Crippen LogP contribution in [0.25, 0.3) is 10.9 Å². The van der Waals surface area contributed by atoms with Gasteiger partial charge < -0.3 is 16.0 Å². The molecule has 3 N–H and O–H groups in total. The Labute approximate surface area is 172 Å². The van der Waals surface area contributed by atoms with Crippen molar-refractivity contribution >= 4 is 34.2 Å². The summed E-state index contributed by atoms with van der Waals surface area (Å²) in [6.45, 7) is 1.21. The Hall–Kier alpha value is -3.75. The first kappa shape index (κ1) is 19.6. The van der Waals surface area contributed by atoms with Gasteiger partial charge in [0.2, 0.25) is 11.8 Å². The molecule has 3 aromatic rings. The molecule has 1 fully saturated rings. The predicted molar refractivity (Wildman–Crippen MR) is 113 cm³/mol. The van der Waals surface area contributed by atoms with E-state index >= 15 is 0 Å². The van der Waals surface area contributed by atoms with Gasteiger partial charge in [0.25, 0.3) is 5.56 Å². The highest BCUT2D eigenvalue weighted by Crippen LogP contribution is 2.22. The van der Waals surface area contributed by atoms with Gasteiger partial charge in [0, 0.05) is 13.1 Å². The third-order valence-electron chi connectivity index (χ3n) is 5.22. The number of piperidine rings is 1. The fraction of sp³-hybridized carbons (Fsp3) is 0.286. The summed E-state index contributed by atoms with van der Waals surface area (Å²) in [6, 6.07) is 10.5. The molecule has 1 saturated heterocycles. The van der Waals surface area contributed by atoms with E-state index in [0.717, 1.165) is 25.2 Å². The van der Waals surface area contributed by atoms with Gasteiger partial charge in [0.1, 0.15) is 12.4 Å². The molecule has 3 heterocycles. The summed E-state index contributed by atoms with van der Waals surface area (Å²) in [4.78, 5) is 47.0. The first-order valence-corrected chi connectivity index (χ1v) is 9.75. The lowest BCUT2D eigenvalue weighted by molar-refractivity contribution is -0.122. The number of hydrogen-bond donors (Lipinski definition) is 2. The molecule has 30 heavy (non-hydrogen) atoms. The van der Waals surface area contributed by atoms with Crippen LogP contribution >= 0.6 is 0 Å². The SMILES string of the molecule is NC(=O)C1CCCN(c2ccc(NC(=O)Cn3cnc4ccccc4c3=O)cn2)C1. The normalized spacial score (nSPS) is 16.4. The molecule has 0 spiro atoms. The molecular weight excluding hydrogens is 384 g/mol. The highest BCUT2D eigenvalue weighted by molar-refractivity contribution is 5.90. The number of pyridine rings is 1. The van der Waals surface area contributed by atoms with E-state index in [1.807, 2.05) is 4.90 Å². The summed E-state index contributed by atoms with van der Waals surface area (Å²) in [5, 5.41) is 3.21. The zero-order valence-electron chi connectivity index (χ0n) is 16.3. The zero-order valence-corrected chi connectivity index (χ0v) is 16.3. The second-order valence-electron chi connectivity index (χ2n) is 7.34. The minimum atomic E-state index is -0.351. The number of amides is 2. The van der Waals surface area contributed by atoms with Gasteiger partial charge in [-0.05, 0) is 37.1 Å². The van der Waals surface area contributed by atoms with Gasteiger partial charge in [0.05, 0.1) is 35.0 Å². The average Bonchev–Trinajstić information content (AvgIpc) is 2.76. The Morgan fingerprint density at radius 3 is 2.77 bits per heavy atom. The minimum Gasteiger partial charge on any atom is -0.369 e. The van der Waals surface area contributed by atoms with Gasteiger partial charge in [-0.1, -0.05) is 12.1 Å². The van der Waals surface area contributed by atoms with Gasteiger partial charge in [-0.2, -0.15) is 0 Å². The third-order valence-corrected chi connectivity index (χ3v) is 5.22. The molecule has 2 aromatic heterocycles. The molecular formula is C21H22N6O3. The molecule has 0 aliphatic carbocycles. The van der Waals surface area contributed by atoms with E-state index in [1.165, 1.54) is 10.9 Å². The van der Waals surface area contributed by atoms with E-state index in [-0.39, 0.29) is 29.8 Å². The monoisotopic (exact) mass is 406 g/mol. The fourth-order valence-electron chi connectivity index (χ4n) is 3.64. The molecule has 2 amide bonds. The van der Waals surface area contributed by atoms with Crippen LogP contribution in [0.5, 0.6) is 0 Å². The molecule has 1 aliphatic heterocycles. The number of benzene rings is 1. The van der Waals surface area contributed by atoms with Crippen molar-refractivity contribution in [1.82, 2.24) is 14.5 Å². The van der Waals surface area contributed by atoms with E-state index in [1.54, 1.807) is 42.6 Å². The first-order valence-electron chi connectivity index (χ1n) is 9.75. The van der Waals surface area contributed by atoms with Crippen LogP contribution in [0.4, 0.5) is 11.5 Å². The lowest BCUT2D eigenvalue weighted by Crippen LogP contribution is -2.41. The Morgan fingerprint density at radius 1 is 1.17 bits per heavy atom. The Bertz CT molecular complexity index is 1140. The molecule has 0 radical (unpaired) electrons. The summed E-state index contributed by atoms with van der Waals surface area (Å²) < 4.78 is 1.27. The number of nitrogens with zero attached hydrogens (tertiary/aromatic N) is 4. The number of carbonyl (C=O) groups excluding carboxylic acids is 2. The van der Waals surface area contributed by atoms with Crippen molar-refractivity contribution in [3.8, 4) is 0 Å². The van der Waals surface area contributed by atoms with Crippen molar-refractivity contribution in [2.75, 3.05) is 23.3 Å². The summed E-state index contributed by atoms with van der Waals surface area (Å²) >= 11 is 0. The predicted octanol–water partition coefficient (Wildman–Crippen LogP) is 1.13. The van der Waals surface area contributed by atoms with Gasteiger partial charge >= 0.3 is 0 Å². The van der Waals surface area contributed by atoms with Crippen molar-refractivity contribution in [3.05, 3.63) is 59.3 Å². The van der Waals surface area contributed by atoms with Crippen LogP contribution in [-0.2, 0) is 16.1 Å². The number of aromatic nitrogens is 3. The number of nitrogens with two attached hydrogens (primary N) is 1. The standard InChI is InChI=1S/C21H22N6O3/c22-20(29)14-4-3-9-26(11-14)18-8-7-15(10-23-18)25-19(28)12-27-13-24-17-6-2-1-5-16(17)21(27)30/h1-2,5-8,10,13-14H,3-4,9,11-12H2,(H2,22,29)(H,25,28). The number of hydrogen-bond acceptors (Lipinski definition) is 6. The molecule has 1 aromatic carbocycles. The van der Waals surface area contributed by atoms with Crippen LogP contribution in [0, 0.1) is 5.92 Å². The highest BCUT2D eigenvalue weighted by atomic mass is 16.2. The fourth-order valence-corrected chi connectivity index (χ4v) is 3.64. The highest BCUT2D eigenvalue weighted by Gasteiger charge is 2.24. The molecule has 1 unspecified atom stereocenters. The maximum absolute atomic E-state index is 12.5. The molecule has 1 atom stereocenters. The minimum absolute atomic E-state index is 0.148. The number of nitrogens with one attached hydrogen (secondary N) is 1. The van der Waals surface area contributed by atoms with Crippen LogP contribution in [0.2, 0.25) is 0 Å². The molecule has 154 valence electrons. The lowest BCUT2D eigenvalue weighted by atomic mass is 9.97. The molecule has 0 saturated carbocycles. The van der Waals surface area contributed by atoms with Crippen molar-refractivity contribution in [1.29, 1.82) is 0 Å². The largest absolute Gasteiger partial charge is 0.369 e. The van der Waals surface area contributed by atoms with E-state index in [9.17, 15) is 14.4 Å². The third kappa shape index (κ3) is 4.14. The van der Waals surface area contributed by atoms with Crippen molar-refractivity contribution < 1.29 is 9.59 Å². The van der Waals surface area contributed by atoms with Crippen molar-refractivity contribution in [3.63, 3.8) is 0 Å². The summed E-state index contributed by atoms with van der Waals surface area (Å²) in [7, 11) is 0. The van der Waals surface area contributed by atoms with Gasteiger partial charge in [-0.3, -0.25) is 19.0 Å². The van der Waals surface area contributed by atoms with Crippen LogP contribution in [0.3, 0.4) is 0 Å². The topological polar surface area (TPSA) is 123 Å². The van der Waals surface area contributed by atoms with Crippen LogP contribution < -0.4 is 21.5 Å². The van der Waals surface area contributed by atoms with Crippen molar-refractivity contribution in [2.45, 2.75) is 19.4 Å². The van der Waals surface area contributed by atoms with E-state index < -0.39 is 0 Å². The summed E-state index contributed by atoms with van der Waals surface area (Å²) in [6.07, 6.45) is 4.60. The van der Waals surface area contributed by atoms with Crippen LogP contribution in [-0.4, -0.2) is 39.4 Å². The van der Waals surface area contributed by atoms with Crippen LogP contribution in [0.15, 0.2) is 53.7 Å². The van der Waals surface area contributed by atoms with E-state index in [4.69, 9.17) is 5.73 Å². The van der Waals surface area contributed by atoms with Gasteiger partial charge in [-0.15, -0.1) is 0 Å². The molecule has 9 heteroatoms. The number of para-hydroxylation sites is 1. The van der Waals surface area contributed by atoms with Gasteiger partial charge in [-0.25, -0.2) is 9.97 Å². The maximum Gasteiger partial charge on any atom is 0.261 e. The number of rotatable bonds is 5. The molecule has 9 nitrogen and oxygen atoms in total. The Kier molecular flexibility index (Phi) is 5.42. The second-order valence-corrected chi connectivity index (χ2v) is 7.34. The quantitative estimate of drug-likeness (QED) is 0.655. The second kappa shape index (κ2) is 8.32. The molecule has 0 bridgehead atoms. The smallest absolute Gasteiger partial charge is 0.261 e. The van der Waals surface area contributed by atoms with Gasteiger partial charge in [0.15, 0.2) is 0 Å². The maximum atomic E-state index is 12.5. The number of anilines is 2.